The first kappa shape index (κ1) is 20.4. The molecule has 0 spiro atoms. The molecule has 2 aliphatic heterocycles. The van der Waals surface area contributed by atoms with Gasteiger partial charge in [0.1, 0.15) is 10.7 Å². The molecule has 0 atom stereocenters. The van der Waals surface area contributed by atoms with Crippen molar-refractivity contribution in [3.05, 3.63) is 53.6 Å². The zero-order valence-electron chi connectivity index (χ0n) is 17.3. The minimum atomic E-state index is -3.72. The number of piperazine rings is 1. The standard InChI is InChI=1S/C22H26N4O3S/c1-16-7-8-17(2)19(15-16)25-11-13-26(14-12-25)22(27)10-9-21-23-18-5-3-4-6-20(18)30(28,29)24-21/h3-8,15H,9-14H2,1-2H3,(H,23,24). The summed E-state index contributed by atoms with van der Waals surface area (Å²) in [6.07, 6.45) is 0.497. The van der Waals surface area contributed by atoms with Crippen molar-refractivity contribution in [1.82, 2.24) is 4.90 Å². The molecule has 0 radical (unpaired) electrons. The lowest BCUT2D eigenvalue weighted by Crippen LogP contribution is -2.49. The lowest BCUT2D eigenvalue weighted by molar-refractivity contribution is -0.131. The minimum absolute atomic E-state index is 0.0244. The second kappa shape index (κ2) is 8.10. The highest BCUT2D eigenvalue weighted by Gasteiger charge is 2.26. The highest BCUT2D eigenvalue weighted by molar-refractivity contribution is 7.90. The molecule has 0 bridgehead atoms. The fourth-order valence-electron chi connectivity index (χ4n) is 3.92. The van der Waals surface area contributed by atoms with E-state index in [1.807, 2.05) is 4.90 Å². The van der Waals surface area contributed by atoms with Crippen LogP contribution in [-0.4, -0.2) is 51.2 Å². The summed E-state index contributed by atoms with van der Waals surface area (Å²) in [5.74, 6) is 0.340. The second-order valence-electron chi connectivity index (χ2n) is 7.79. The van der Waals surface area contributed by atoms with Gasteiger partial charge in [-0.2, -0.15) is 8.42 Å². The van der Waals surface area contributed by atoms with Gasteiger partial charge in [-0.1, -0.05) is 24.3 Å². The van der Waals surface area contributed by atoms with E-state index >= 15 is 0 Å². The Morgan fingerprint density at radius 1 is 1.07 bits per heavy atom. The number of nitrogens with zero attached hydrogens (tertiary/aromatic N) is 3. The van der Waals surface area contributed by atoms with Crippen LogP contribution in [0, 0.1) is 13.8 Å². The lowest BCUT2D eigenvalue weighted by Gasteiger charge is -2.37. The molecule has 30 heavy (non-hydrogen) atoms. The molecule has 0 unspecified atom stereocenters. The van der Waals surface area contributed by atoms with E-state index < -0.39 is 10.0 Å². The summed E-state index contributed by atoms with van der Waals surface area (Å²) in [6.45, 7) is 7.09. The average molecular weight is 427 g/mol. The summed E-state index contributed by atoms with van der Waals surface area (Å²) in [5.41, 5.74) is 4.21. The molecule has 1 fully saturated rings. The van der Waals surface area contributed by atoms with Gasteiger partial charge in [-0.05, 0) is 43.2 Å². The summed E-state index contributed by atoms with van der Waals surface area (Å²) >= 11 is 0. The molecule has 0 saturated carbocycles. The third-order valence-electron chi connectivity index (χ3n) is 5.59. The number of rotatable bonds is 4. The van der Waals surface area contributed by atoms with Crippen LogP contribution in [0.3, 0.4) is 0 Å². The van der Waals surface area contributed by atoms with Gasteiger partial charge < -0.3 is 15.1 Å². The van der Waals surface area contributed by atoms with E-state index in [4.69, 9.17) is 0 Å². The van der Waals surface area contributed by atoms with Crippen LogP contribution >= 0.6 is 0 Å². The van der Waals surface area contributed by atoms with Crippen molar-refractivity contribution >= 4 is 33.1 Å². The molecule has 7 nitrogen and oxygen atoms in total. The van der Waals surface area contributed by atoms with Gasteiger partial charge in [0.2, 0.25) is 5.91 Å². The van der Waals surface area contributed by atoms with Gasteiger partial charge in [-0.3, -0.25) is 4.79 Å². The number of hydrogen-bond donors (Lipinski definition) is 1. The van der Waals surface area contributed by atoms with E-state index in [2.05, 4.69) is 46.7 Å². The monoisotopic (exact) mass is 426 g/mol. The maximum Gasteiger partial charge on any atom is 0.286 e. The number of anilines is 2. The normalized spacial score (nSPS) is 17.7. The molecule has 1 amide bonds. The van der Waals surface area contributed by atoms with Gasteiger partial charge in [-0.25, -0.2) is 0 Å². The fourth-order valence-corrected chi connectivity index (χ4v) is 5.09. The highest BCUT2D eigenvalue weighted by atomic mass is 32.2. The van der Waals surface area contributed by atoms with Crippen LogP contribution in [0.4, 0.5) is 11.4 Å². The van der Waals surface area contributed by atoms with Crippen LogP contribution in [-0.2, 0) is 14.8 Å². The summed E-state index contributed by atoms with van der Waals surface area (Å²) in [7, 11) is -3.72. The number of amidine groups is 1. The van der Waals surface area contributed by atoms with E-state index in [9.17, 15) is 13.2 Å². The van der Waals surface area contributed by atoms with Crippen molar-refractivity contribution in [3.63, 3.8) is 0 Å². The van der Waals surface area contributed by atoms with E-state index in [-0.39, 0.29) is 23.6 Å². The number of benzene rings is 2. The van der Waals surface area contributed by atoms with Crippen LogP contribution in [0.25, 0.3) is 0 Å². The van der Waals surface area contributed by atoms with Gasteiger partial charge in [0.05, 0.1) is 5.69 Å². The fraction of sp³-hybridized carbons (Fsp3) is 0.364. The van der Waals surface area contributed by atoms with Gasteiger partial charge >= 0.3 is 0 Å². The van der Waals surface area contributed by atoms with E-state index in [1.165, 1.54) is 22.9 Å². The quantitative estimate of drug-likeness (QED) is 0.813. The van der Waals surface area contributed by atoms with Crippen molar-refractivity contribution in [1.29, 1.82) is 0 Å². The van der Waals surface area contributed by atoms with Gasteiger partial charge in [0.25, 0.3) is 10.0 Å². The summed E-state index contributed by atoms with van der Waals surface area (Å²) in [6, 6.07) is 13.1. The van der Waals surface area contributed by atoms with E-state index in [0.29, 0.717) is 24.6 Å². The van der Waals surface area contributed by atoms with Crippen LogP contribution in [0.15, 0.2) is 51.8 Å². The Bertz CT molecular complexity index is 1100. The third kappa shape index (κ3) is 4.18. The smallest absolute Gasteiger partial charge is 0.286 e. The number of nitrogens with one attached hydrogen (secondary N) is 1. The first-order valence-electron chi connectivity index (χ1n) is 10.1. The van der Waals surface area contributed by atoms with Crippen LogP contribution in [0.5, 0.6) is 0 Å². The summed E-state index contributed by atoms with van der Waals surface area (Å²) in [4.78, 5) is 17.0. The van der Waals surface area contributed by atoms with Gasteiger partial charge in [0, 0.05) is 44.7 Å². The number of sulfonamides is 1. The zero-order chi connectivity index (χ0) is 21.3. The number of hydrogen-bond acceptors (Lipinski definition) is 5. The SMILES string of the molecule is Cc1ccc(C)c(N2CCN(C(=O)CCC3=NS(=O)(=O)c4ccccc4N3)CC2)c1. The molecule has 0 aliphatic carbocycles. The predicted octanol–water partition coefficient (Wildman–Crippen LogP) is 2.95. The van der Waals surface area contributed by atoms with Crippen LogP contribution in [0.2, 0.25) is 0 Å². The van der Waals surface area contributed by atoms with Crippen molar-refractivity contribution in [2.45, 2.75) is 31.6 Å². The molecule has 158 valence electrons. The van der Waals surface area contributed by atoms with Gasteiger partial charge in [-0.15, -0.1) is 4.40 Å². The Kier molecular flexibility index (Phi) is 5.51. The number of para-hydroxylation sites is 1. The predicted molar refractivity (Wildman–Crippen MR) is 119 cm³/mol. The third-order valence-corrected chi connectivity index (χ3v) is 6.96. The van der Waals surface area contributed by atoms with Crippen molar-refractivity contribution in [2.24, 2.45) is 4.40 Å². The molecule has 2 aliphatic rings. The van der Waals surface area contributed by atoms with E-state index in [1.54, 1.807) is 18.2 Å². The van der Waals surface area contributed by atoms with Crippen LogP contribution in [0.1, 0.15) is 24.0 Å². The molecular formula is C22H26N4O3S. The minimum Gasteiger partial charge on any atom is -0.368 e. The number of aryl methyl sites for hydroxylation is 2. The summed E-state index contributed by atoms with van der Waals surface area (Å²) < 4.78 is 28.5. The van der Waals surface area contributed by atoms with E-state index in [0.717, 1.165) is 13.1 Å². The molecule has 0 aromatic heterocycles. The lowest BCUT2D eigenvalue weighted by atomic mass is 10.1. The Balaban J connectivity index is 1.34. The molecule has 2 heterocycles. The molecule has 4 rings (SSSR count). The molecule has 1 saturated heterocycles. The maximum absolute atomic E-state index is 12.7. The number of fused-ring (bicyclic) bond motifs is 1. The second-order valence-corrected chi connectivity index (χ2v) is 9.36. The molecule has 8 heteroatoms. The molecular weight excluding hydrogens is 400 g/mol. The molecule has 2 aromatic carbocycles. The number of carbonyl (C=O) groups is 1. The molecule has 2 aromatic rings. The number of carbonyl (C=O) groups excluding carboxylic acids is 1. The average Bonchev–Trinajstić information content (AvgIpc) is 2.73. The summed E-state index contributed by atoms with van der Waals surface area (Å²) in [5, 5.41) is 3.04. The topological polar surface area (TPSA) is 82.1 Å². The van der Waals surface area contributed by atoms with Crippen molar-refractivity contribution in [3.8, 4) is 0 Å². The largest absolute Gasteiger partial charge is 0.368 e. The van der Waals surface area contributed by atoms with Crippen molar-refractivity contribution in [2.75, 3.05) is 36.4 Å². The Morgan fingerprint density at radius 2 is 1.80 bits per heavy atom. The van der Waals surface area contributed by atoms with Gasteiger partial charge in [0.15, 0.2) is 0 Å². The zero-order valence-corrected chi connectivity index (χ0v) is 18.1. The first-order chi connectivity index (χ1) is 14.3. The van der Waals surface area contributed by atoms with Crippen LogP contribution < -0.4 is 10.2 Å². The van der Waals surface area contributed by atoms with Crippen molar-refractivity contribution < 1.29 is 13.2 Å². The Labute approximate surface area is 177 Å². The Hall–Kier alpha value is -2.87. The molecule has 1 N–H and O–H groups in total. The first-order valence-corrected chi connectivity index (χ1v) is 11.6. The Morgan fingerprint density at radius 3 is 2.57 bits per heavy atom. The maximum atomic E-state index is 12.7. The highest BCUT2D eigenvalue weighted by Crippen LogP contribution is 2.27. The number of amides is 1.